The van der Waals surface area contributed by atoms with E-state index in [1.165, 1.54) is 4.90 Å². The van der Waals surface area contributed by atoms with E-state index in [0.29, 0.717) is 70.0 Å². The van der Waals surface area contributed by atoms with Crippen molar-refractivity contribution in [3.8, 4) is 0 Å². The summed E-state index contributed by atoms with van der Waals surface area (Å²) in [6, 6.07) is 18.0. The molecule has 0 N–H and O–H groups in total. The molecule has 0 bridgehead atoms. The third kappa shape index (κ3) is 7.46. The van der Waals surface area contributed by atoms with Crippen molar-refractivity contribution < 1.29 is 35.6 Å². The molecule has 4 heterocycles. The third-order valence-corrected chi connectivity index (χ3v) is 9.83. The zero-order valence-electron chi connectivity index (χ0n) is 27.8. The summed E-state index contributed by atoms with van der Waals surface area (Å²) in [7, 11) is 0. The number of anilines is 1. The molecule has 8 nitrogen and oxygen atoms in total. The standard InChI is InChI=1S/C37H36F6N6O2/c1-24-44-22-31(51-24)23-49-33-10-6-5-9-32(33)45-35(49)47-15-13-46(14-16-47)29-11-12-48(30(21-29)17-25-7-3-2-4-8-25)34(50)26-18-27(36(38,39)40)20-28(19-26)37(41,42)43/h2-10,18-20,22,29-30H,11-17,21,23H2,1H3/t29-,30-/m1/s1. The molecule has 2 fully saturated rings. The number of carbonyl (C=O) groups is 1. The molecule has 1 amide bonds. The minimum atomic E-state index is -5.05. The van der Waals surface area contributed by atoms with Crippen molar-refractivity contribution in [1.29, 1.82) is 0 Å². The Balaban J connectivity index is 1.10. The Labute approximate surface area is 290 Å². The second-order valence-corrected chi connectivity index (χ2v) is 13.2. The summed E-state index contributed by atoms with van der Waals surface area (Å²) in [4.78, 5) is 29.1. The van der Waals surface area contributed by atoms with Gasteiger partial charge >= 0.3 is 12.4 Å². The number of aryl methyl sites for hydroxylation is 1. The lowest BCUT2D eigenvalue weighted by Crippen LogP contribution is -2.57. The van der Waals surface area contributed by atoms with Crippen molar-refractivity contribution >= 4 is 22.9 Å². The number of piperidine rings is 1. The van der Waals surface area contributed by atoms with Gasteiger partial charge in [0.25, 0.3) is 5.91 Å². The Bertz CT molecular complexity index is 1970. The lowest BCUT2D eigenvalue weighted by Gasteiger charge is -2.46. The number of piperazine rings is 1. The number of hydrogen-bond donors (Lipinski definition) is 0. The Morgan fingerprint density at radius 3 is 2.18 bits per heavy atom. The summed E-state index contributed by atoms with van der Waals surface area (Å²) >= 11 is 0. The topological polar surface area (TPSA) is 70.6 Å². The maximum absolute atomic E-state index is 13.8. The number of alkyl halides is 6. The maximum Gasteiger partial charge on any atom is 0.416 e. The van der Waals surface area contributed by atoms with Crippen LogP contribution < -0.4 is 4.90 Å². The first-order valence-electron chi connectivity index (χ1n) is 16.8. The second kappa shape index (κ2) is 13.7. The highest BCUT2D eigenvalue weighted by Gasteiger charge is 2.40. The van der Waals surface area contributed by atoms with Gasteiger partial charge in [-0.3, -0.25) is 9.69 Å². The molecule has 7 rings (SSSR count). The maximum atomic E-state index is 13.8. The molecule has 0 aliphatic carbocycles. The summed E-state index contributed by atoms with van der Waals surface area (Å²) < 4.78 is 89.9. The van der Waals surface area contributed by atoms with E-state index in [9.17, 15) is 31.1 Å². The molecule has 0 saturated carbocycles. The number of aromatic nitrogens is 3. The molecular weight excluding hydrogens is 674 g/mol. The number of oxazole rings is 1. The Morgan fingerprint density at radius 1 is 0.863 bits per heavy atom. The molecule has 14 heteroatoms. The fraction of sp³-hybridized carbons (Fsp3) is 0.378. The molecule has 0 radical (unpaired) electrons. The summed E-state index contributed by atoms with van der Waals surface area (Å²) in [5.74, 6) is 1.30. The van der Waals surface area contributed by atoms with E-state index in [0.717, 1.165) is 28.3 Å². The van der Waals surface area contributed by atoms with E-state index in [-0.39, 0.29) is 18.7 Å². The van der Waals surface area contributed by atoms with Crippen molar-refractivity contribution in [2.45, 2.75) is 57.2 Å². The van der Waals surface area contributed by atoms with Gasteiger partial charge in [0.05, 0.1) is 34.9 Å². The number of benzene rings is 3. The van der Waals surface area contributed by atoms with E-state index < -0.39 is 41.0 Å². The molecule has 268 valence electrons. The van der Waals surface area contributed by atoms with Crippen LogP contribution in [0.1, 0.15) is 51.5 Å². The third-order valence-electron chi connectivity index (χ3n) is 9.83. The van der Waals surface area contributed by atoms with Gasteiger partial charge in [-0.2, -0.15) is 26.3 Å². The van der Waals surface area contributed by atoms with Crippen molar-refractivity contribution in [3.05, 3.63) is 113 Å². The van der Waals surface area contributed by atoms with Crippen LogP contribution in [0.4, 0.5) is 32.3 Å². The molecule has 2 aliphatic rings. The smallest absolute Gasteiger partial charge is 0.416 e. The fourth-order valence-corrected chi connectivity index (χ4v) is 7.33. The highest BCUT2D eigenvalue weighted by Crippen LogP contribution is 2.37. The van der Waals surface area contributed by atoms with Crippen molar-refractivity contribution in [2.24, 2.45) is 0 Å². The van der Waals surface area contributed by atoms with Crippen LogP contribution in [0, 0.1) is 6.92 Å². The van der Waals surface area contributed by atoms with Crippen molar-refractivity contribution in [2.75, 3.05) is 37.6 Å². The van der Waals surface area contributed by atoms with E-state index in [1.807, 2.05) is 54.6 Å². The minimum Gasteiger partial charge on any atom is -0.444 e. The van der Waals surface area contributed by atoms with Crippen LogP contribution in [0.3, 0.4) is 0 Å². The van der Waals surface area contributed by atoms with E-state index in [2.05, 4.69) is 19.4 Å². The number of hydrogen-bond acceptors (Lipinski definition) is 6. The summed E-state index contributed by atoms with van der Waals surface area (Å²) in [5.41, 5.74) is -0.852. The average molecular weight is 711 g/mol. The van der Waals surface area contributed by atoms with Crippen LogP contribution >= 0.6 is 0 Å². The molecule has 51 heavy (non-hydrogen) atoms. The van der Waals surface area contributed by atoms with Crippen LogP contribution in [0.2, 0.25) is 0 Å². The highest BCUT2D eigenvalue weighted by atomic mass is 19.4. The largest absolute Gasteiger partial charge is 0.444 e. The van der Waals surface area contributed by atoms with E-state index in [4.69, 9.17) is 9.40 Å². The van der Waals surface area contributed by atoms with Gasteiger partial charge in [-0.05, 0) is 55.2 Å². The van der Waals surface area contributed by atoms with Gasteiger partial charge in [0.1, 0.15) is 5.76 Å². The number of likely N-dealkylation sites (tertiary alicyclic amines) is 1. The molecular formula is C37H36F6N6O2. The number of imidazole rings is 1. The van der Waals surface area contributed by atoms with Gasteiger partial charge in [0, 0.05) is 57.3 Å². The zero-order valence-corrected chi connectivity index (χ0v) is 27.8. The normalized spacial score (nSPS) is 19.2. The monoisotopic (exact) mass is 710 g/mol. The van der Waals surface area contributed by atoms with Crippen LogP contribution in [-0.4, -0.2) is 75.0 Å². The summed E-state index contributed by atoms with van der Waals surface area (Å²) in [5, 5.41) is 0. The first kappa shape index (κ1) is 34.6. The van der Waals surface area contributed by atoms with Gasteiger partial charge in [0.15, 0.2) is 5.89 Å². The lowest BCUT2D eigenvalue weighted by molar-refractivity contribution is -0.143. The number of amides is 1. The molecule has 2 aliphatic heterocycles. The van der Waals surface area contributed by atoms with Crippen molar-refractivity contribution in [3.63, 3.8) is 0 Å². The quantitative estimate of drug-likeness (QED) is 0.164. The number of fused-ring (bicyclic) bond motifs is 1. The van der Waals surface area contributed by atoms with Gasteiger partial charge in [0.2, 0.25) is 5.95 Å². The number of halogens is 6. The predicted molar refractivity (Wildman–Crippen MR) is 178 cm³/mol. The summed E-state index contributed by atoms with van der Waals surface area (Å²) in [6.07, 6.45) is -6.90. The lowest BCUT2D eigenvalue weighted by atomic mass is 9.90. The molecule has 5 aromatic rings. The van der Waals surface area contributed by atoms with Gasteiger partial charge in [-0.15, -0.1) is 0 Å². The average Bonchev–Trinajstić information content (AvgIpc) is 3.70. The summed E-state index contributed by atoms with van der Waals surface area (Å²) in [6.45, 7) is 5.27. The highest BCUT2D eigenvalue weighted by molar-refractivity contribution is 5.95. The SMILES string of the molecule is Cc1ncc(Cn2c(N3CCN([C@@H]4CCN(C(=O)c5cc(C(F)(F)F)cc(C(F)(F)F)c5)[C@H](Cc5ccccc5)C4)CC3)nc3ccccc32)o1. The molecule has 3 aromatic carbocycles. The van der Waals surface area contributed by atoms with Crippen LogP contribution in [0.15, 0.2) is 83.4 Å². The fourth-order valence-electron chi connectivity index (χ4n) is 7.33. The first-order chi connectivity index (χ1) is 24.3. The minimum absolute atomic E-state index is 0.0499. The zero-order chi connectivity index (χ0) is 35.9. The van der Waals surface area contributed by atoms with Gasteiger partial charge in [-0.25, -0.2) is 9.97 Å². The van der Waals surface area contributed by atoms with Gasteiger partial charge < -0.3 is 18.8 Å². The molecule has 2 aromatic heterocycles. The molecule has 0 spiro atoms. The van der Waals surface area contributed by atoms with E-state index in [1.54, 1.807) is 13.1 Å². The first-order valence-corrected chi connectivity index (χ1v) is 16.8. The molecule has 0 unspecified atom stereocenters. The van der Waals surface area contributed by atoms with Gasteiger partial charge in [-0.1, -0.05) is 42.5 Å². The number of carbonyl (C=O) groups excluding carboxylic acids is 1. The molecule has 2 saturated heterocycles. The van der Waals surface area contributed by atoms with Crippen LogP contribution in [0.5, 0.6) is 0 Å². The Hall–Kier alpha value is -4.85. The van der Waals surface area contributed by atoms with Crippen molar-refractivity contribution in [1.82, 2.24) is 24.3 Å². The predicted octanol–water partition coefficient (Wildman–Crippen LogP) is 7.46. The van der Waals surface area contributed by atoms with E-state index >= 15 is 0 Å². The molecule has 2 atom stereocenters. The number of nitrogens with zero attached hydrogens (tertiary/aromatic N) is 6. The Morgan fingerprint density at radius 2 is 1.53 bits per heavy atom. The Kier molecular flexibility index (Phi) is 9.29. The van der Waals surface area contributed by atoms with Crippen LogP contribution in [0.25, 0.3) is 11.0 Å². The second-order valence-electron chi connectivity index (χ2n) is 13.2. The number of rotatable bonds is 7. The van der Waals surface area contributed by atoms with Crippen LogP contribution in [-0.2, 0) is 25.3 Å². The number of para-hydroxylation sites is 2.